The first kappa shape index (κ1) is 31.8. The Morgan fingerprint density at radius 1 is 0.618 bits per heavy atom. The van der Waals surface area contributed by atoms with E-state index in [9.17, 15) is 15.3 Å². The highest BCUT2D eigenvalue weighted by Crippen LogP contribution is 2.23. The minimum atomic E-state index is -1.20. The molecular formula is C29H58O5. The molecule has 0 aromatic rings. The van der Waals surface area contributed by atoms with Gasteiger partial charge in [-0.25, -0.2) is 0 Å². The van der Waals surface area contributed by atoms with Gasteiger partial charge in [-0.15, -0.1) is 0 Å². The molecule has 0 aromatic heterocycles. The van der Waals surface area contributed by atoms with E-state index in [1.165, 1.54) is 116 Å². The van der Waals surface area contributed by atoms with Crippen LogP contribution in [-0.2, 0) is 9.47 Å². The summed E-state index contributed by atoms with van der Waals surface area (Å²) in [5.41, 5.74) is 0. The summed E-state index contributed by atoms with van der Waals surface area (Å²) in [6.45, 7) is 5.09. The van der Waals surface area contributed by atoms with Gasteiger partial charge in [-0.3, -0.25) is 0 Å². The lowest BCUT2D eigenvalue weighted by molar-refractivity contribution is -0.272. The van der Waals surface area contributed by atoms with Gasteiger partial charge in [0.25, 0.3) is 0 Å². The number of hydrogen-bond donors (Lipinski definition) is 3. The van der Waals surface area contributed by atoms with Gasteiger partial charge < -0.3 is 24.8 Å². The Labute approximate surface area is 211 Å². The van der Waals surface area contributed by atoms with Crippen molar-refractivity contribution >= 4 is 0 Å². The highest BCUT2D eigenvalue weighted by atomic mass is 16.7. The second-order valence-corrected chi connectivity index (χ2v) is 10.7. The third-order valence-corrected chi connectivity index (χ3v) is 7.38. The Hall–Kier alpha value is -0.200. The molecule has 5 heteroatoms. The van der Waals surface area contributed by atoms with Crippen LogP contribution in [0.15, 0.2) is 0 Å². The monoisotopic (exact) mass is 486 g/mol. The Bertz CT molecular complexity index is 433. The fraction of sp³-hybridized carbons (Fsp3) is 1.00. The summed E-state index contributed by atoms with van der Waals surface area (Å²) in [4.78, 5) is 0. The van der Waals surface area contributed by atoms with Crippen LogP contribution in [0.1, 0.15) is 142 Å². The molecule has 1 rings (SSSR count). The normalized spacial score (nSPS) is 23.9. The average molecular weight is 487 g/mol. The largest absolute Gasteiger partial charge is 0.388 e. The molecule has 2 unspecified atom stereocenters. The second kappa shape index (κ2) is 22.0. The first-order valence-electron chi connectivity index (χ1n) is 14.9. The lowest BCUT2D eigenvalue weighted by Gasteiger charge is -2.35. The van der Waals surface area contributed by atoms with Crippen molar-refractivity contribution in [2.75, 3.05) is 13.2 Å². The predicted molar refractivity (Wildman–Crippen MR) is 141 cm³/mol. The molecule has 1 saturated heterocycles. The second-order valence-electron chi connectivity index (χ2n) is 10.7. The zero-order valence-electron chi connectivity index (χ0n) is 22.6. The standard InChI is InChI=1S/C29H58O5/c1-3-5-7-9-11-13-14-16-18-20-22-25(21-19-17-15-12-10-8-6-4-2)23-33-29-28(32)27(31)26(30)24-34-29/h25-32H,3-24H2,1-2H3/t25?,26-,27+,28+,29?/m1/s1. The van der Waals surface area contributed by atoms with E-state index in [1.54, 1.807) is 0 Å². The SMILES string of the molecule is CCCCCCCCCCCCC(CCCCCCCCCC)COC1OC[C@@H](O)[C@H](O)[C@@H]1O. The van der Waals surface area contributed by atoms with Gasteiger partial charge in [0.05, 0.1) is 13.2 Å². The van der Waals surface area contributed by atoms with Gasteiger partial charge in [-0.2, -0.15) is 0 Å². The van der Waals surface area contributed by atoms with Gasteiger partial charge >= 0.3 is 0 Å². The van der Waals surface area contributed by atoms with Crippen LogP contribution in [0.3, 0.4) is 0 Å². The maximum atomic E-state index is 10.2. The Morgan fingerprint density at radius 3 is 1.47 bits per heavy atom. The third kappa shape index (κ3) is 15.7. The first-order valence-corrected chi connectivity index (χ1v) is 14.9. The van der Waals surface area contributed by atoms with E-state index in [2.05, 4.69) is 13.8 Å². The zero-order chi connectivity index (χ0) is 24.9. The highest BCUT2D eigenvalue weighted by molar-refractivity contribution is 4.82. The summed E-state index contributed by atoms with van der Waals surface area (Å²) in [5, 5.41) is 29.7. The van der Waals surface area contributed by atoms with Crippen molar-refractivity contribution in [1.29, 1.82) is 0 Å². The summed E-state index contributed by atoms with van der Waals surface area (Å²) in [7, 11) is 0. The highest BCUT2D eigenvalue weighted by Gasteiger charge is 2.38. The molecule has 5 atom stereocenters. The van der Waals surface area contributed by atoms with Gasteiger partial charge in [0.2, 0.25) is 0 Å². The van der Waals surface area contributed by atoms with E-state index in [4.69, 9.17) is 9.47 Å². The maximum absolute atomic E-state index is 10.2. The van der Waals surface area contributed by atoms with Crippen LogP contribution < -0.4 is 0 Å². The average Bonchev–Trinajstić information content (AvgIpc) is 2.84. The Balaban J connectivity index is 2.25. The molecule has 0 spiro atoms. The molecule has 204 valence electrons. The quantitative estimate of drug-likeness (QED) is 0.137. The van der Waals surface area contributed by atoms with Crippen LogP contribution in [-0.4, -0.2) is 53.1 Å². The molecule has 0 aliphatic carbocycles. The molecule has 3 N–H and O–H groups in total. The lowest BCUT2D eigenvalue weighted by Crippen LogP contribution is -2.53. The van der Waals surface area contributed by atoms with E-state index < -0.39 is 24.6 Å². The minimum absolute atomic E-state index is 0.00400. The van der Waals surface area contributed by atoms with Gasteiger partial charge in [0, 0.05) is 0 Å². The van der Waals surface area contributed by atoms with E-state index >= 15 is 0 Å². The van der Waals surface area contributed by atoms with Crippen molar-refractivity contribution < 1.29 is 24.8 Å². The van der Waals surface area contributed by atoms with Crippen molar-refractivity contribution in [2.45, 2.75) is 167 Å². The smallest absolute Gasteiger partial charge is 0.186 e. The summed E-state index contributed by atoms with van der Waals surface area (Å²) >= 11 is 0. The van der Waals surface area contributed by atoms with Crippen molar-refractivity contribution in [3.8, 4) is 0 Å². The van der Waals surface area contributed by atoms with Crippen molar-refractivity contribution in [1.82, 2.24) is 0 Å². The topological polar surface area (TPSA) is 79.2 Å². The van der Waals surface area contributed by atoms with Crippen LogP contribution >= 0.6 is 0 Å². The van der Waals surface area contributed by atoms with Crippen LogP contribution in [0.2, 0.25) is 0 Å². The molecule has 5 nitrogen and oxygen atoms in total. The number of aliphatic hydroxyl groups is 3. The fourth-order valence-electron chi connectivity index (χ4n) is 4.96. The van der Waals surface area contributed by atoms with Gasteiger partial charge in [0.1, 0.15) is 18.3 Å². The molecule has 1 aliphatic rings. The number of unbranched alkanes of at least 4 members (excludes halogenated alkanes) is 16. The molecule has 0 bridgehead atoms. The van der Waals surface area contributed by atoms with E-state index in [1.807, 2.05) is 0 Å². The first-order chi connectivity index (χ1) is 16.6. The summed E-state index contributed by atoms with van der Waals surface area (Å²) in [6, 6.07) is 0. The van der Waals surface area contributed by atoms with Crippen LogP contribution in [0, 0.1) is 5.92 Å². The van der Waals surface area contributed by atoms with E-state index in [0.717, 1.165) is 12.8 Å². The van der Waals surface area contributed by atoms with Crippen molar-refractivity contribution in [3.63, 3.8) is 0 Å². The summed E-state index contributed by atoms with van der Waals surface area (Å²) < 4.78 is 11.3. The van der Waals surface area contributed by atoms with Crippen LogP contribution in [0.25, 0.3) is 0 Å². The number of ether oxygens (including phenoxy) is 2. The Kier molecular flexibility index (Phi) is 20.6. The fourth-order valence-corrected chi connectivity index (χ4v) is 4.96. The van der Waals surface area contributed by atoms with Gasteiger partial charge in [0.15, 0.2) is 6.29 Å². The molecule has 1 aliphatic heterocycles. The van der Waals surface area contributed by atoms with Gasteiger partial charge in [-0.1, -0.05) is 129 Å². The maximum Gasteiger partial charge on any atom is 0.186 e. The molecule has 1 fully saturated rings. The molecule has 34 heavy (non-hydrogen) atoms. The van der Waals surface area contributed by atoms with Crippen LogP contribution in [0.4, 0.5) is 0 Å². The third-order valence-electron chi connectivity index (χ3n) is 7.38. The number of aliphatic hydroxyl groups excluding tert-OH is 3. The van der Waals surface area contributed by atoms with Crippen molar-refractivity contribution in [3.05, 3.63) is 0 Å². The lowest BCUT2D eigenvalue weighted by atomic mass is 9.94. The van der Waals surface area contributed by atoms with Crippen molar-refractivity contribution in [2.24, 2.45) is 5.92 Å². The molecule has 0 radical (unpaired) electrons. The summed E-state index contributed by atoms with van der Waals surface area (Å²) in [5.74, 6) is 0.467. The van der Waals surface area contributed by atoms with Crippen LogP contribution in [0.5, 0.6) is 0 Å². The zero-order valence-corrected chi connectivity index (χ0v) is 22.6. The van der Waals surface area contributed by atoms with E-state index in [-0.39, 0.29) is 6.61 Å². The predicted octanol–water partition coefficient (Wildman–Crippen LogP) is 6.90. The Morgan fingerprint density at radius 2 is 1.03 bits per heavy atom. The molecular weight excluding hydrogens is 428 g/mol. The molecule has 0 aromatic carbocycles. The molecule has 1 heterocycles. The summed E-state index contributed by atoms with van der Waals surface area (Å²) in [6.07, 6.45) is 22.1. The molecule has 0 amide bonds. The molecule has 0 saturated carbocycles. The minimum Gasteiger partial charge on any atom is -0.388 e. The van der Waals surface area contributed by atoms with Gasteiger partial charge in [-0.05, 0) is 18.8 Å². The number of hydrogen-bond acceptors (Lipinski definition) is 5. The number of rotatable bonds is 23. The van der Waals surface area contributed by atoms with E-state index in [0.29, 0.717) is 12.5 Å².